The summed E-state index contributed by atoms with van der Waals surface area (Å²) in [5, 5.41) is 0. The van der Waals surface area contributed by atoms with E-state index in [0.29, 0.717) is 18.1 Å². The molecule has 1 aromatic carbocycles. The van der Waals surface area contributed by atoms with Crippen molar-refractivity contribution in [1.82, 2.24) is 14.9 Å². The maximum absolute atomic E-state index is 13.0. The standard InChI is InChI=1S/C19H23N3O3/c1-12-7-8-14(10-13(12)2)16-6-5-9-22(16)18(23)15-11-17(24-3)21-19(20-15)25-4/h7-8,10-11,16H,5-6,9H2,1-4H3. The summed E-state index contributed by atoms with van der Waals surface area (Å²) in [5.41, 5.74) is 3.95. The summed E-state index contributed by atoms with van der Waals surface area (Å²) in [6.45, 7) is 4.90. The fourth-order valence-corrected chi connectivity index (χ4v) is 3.18. The van der Waals surface area contributed by atoms with E-state index in [-0.39, 0.29) is 18.0 Å². The van der Waals surface area contributed by atoms with Crippen LogP contribution in [0.25, 0.3) is 0 Å². The van der Waals surface area contributed by atoms with Crippen LogP contribution in [0.1, 0.15) is 46.1 Å². The Hall–Kier alpha value is -2.63. The quantitative estimate of drug-likeness (QED) is 0.855. The molecule has 1 aliphatic rings. The number of methoxy groups -OCH3 is 2. The van der Waals surface area contributed by atoms with Crippen molar-refractivity contribution in [2.24, 2.45) is 0 Å². The predicted molar refractivity (Wildman–Crippen MR) is 94.1 cm³/mol. The summed E-state index contributed by atoms with van der Waals surface area (Å²) in [6, 6.07) is 8.15. The maximum Gasteiger partial charge on any atom is 0.320 e. The van der Waals surface area contributed by atoms with Crippen molar-refractivity contribution >= 4 is 5.91 Å². The summed E-state index contributed by atoms with van der Waals surface area (Å²) >= 11 is 0. The molecule has 0 N–H and O–H groups in total. The zero-order valence-electron chi connectivity index (χ0n) is 15.1. The van der Waals surface area contributed by atoms with Crippen molar-refractivity contribution in [3.63, 3.8) is 0 Å². The zero-order valence-corrected chi connectivity index (χ0v) is 15.1. The highest BCUT2D eigenvalue weighted by Crippen LogP contribution is 2.34. The lowest BCUT2D eigenvalue weighted by atomic mass is 9.99. The molecule has 6 nitrogen and oxygen atoms in total. The largest absolute Gasteiger partial charge is 0.481 e. The second-order valence-electron chi connectivity index (χ2n) is 6.28. The van der Waals surface area contributed by atoms with E-state index in [9.17, 15) is 4.79 Å². The molecule has 0 saturated carbocycles. The fraction of sp³-hybridized carbons (Fsp3) is 0.421. The number of benzene rings is 1. The number of hydrogen-bond donors (Lipinski definition) is 0. The van der Waals surface area contributed by atoms with E-state index in [1.54, 1.807) is 6.07 Å². The van der Waals surface area contributed by atoms with Crippen molar-refractivity contribution in [2.75, 3.05) is 20.8 Å². The van der Waals surface area contributed by atoms with Crippen molar-refractivity contribution in [2.45, 2.75) is 32.7 Å². The summed E-state index contributed by atoms with van der Waals surface area (Å²) in [5.74, 6) is 0.192. The molecule has 0 radical (unpaired) electrons. The van der Waals surface area contributed by atoms with Crippen LogP contribution in [0.15, 0.2) is 24.3 Å². The Morgan fingerprint density at radius 1 is 1.12 bits per heavy atom. The molecule has 1 aromatic heterocycles. The van der Waals surface area contributed by atoms with Crippen LogP contribution in [-0.2, 0) is 0 Å². The van der Waals surface area contributed by atoms with Gasteiger partial charge in [0, 0.05) is 12.6 Å². The molecule has 2 heterocycles. The predicted octanol–water partition coefficient (Wildman–Crippen LogP) is 3.09. The van der Waals surface area contributed by atoms with Crippen molar-refractivity contribution < 1.29 is 14.3 Å². The number of amides is 1. The van der Waals surface area contributed by atoms with Crippen LogP contribution in [0.3, 0.4) is 0 Å². The minimum Gasteiger partial charge on any atom is -0.481 e. The number of likely N-dealkylation sites (tertiary alicyclic amines) is 1. The highest BCUT2D eigenvalue weighted by atomic mass is 16.5. The summed E-state index contributed by atoms with van der Waals surface area (Å²) in [6.07, 6.45) is 1.93. The Morgan fingerprint density at radius 2 is 1.92 bits per heavy atom. The number of aromatic nitrogens is 2. The van der Waals surface area contributed by atoms with E-state index >= 15 is 0 Å². The van der Waals surface area contributed by atoms with E-state index in [1.807, 2.05) is 4.90 Å². The lowest BCUT2D eigenvalue weighted by molar-refractivity contribution is 0.0727. The molecule has 132 valence electrons. The van der Waals surface area contributed by atoms with E-state index in [1.165, 1.54) is 30.9 Å². The van der Waals surface area contributed by atoms with Gasteiger partial charge in [-0.25, -0.2) is 0 Å². The Balaban J connectivity index is 1.91. The molecule has 1 fully saturated rings. The summed E-state index contributed by atoms with van der Waals surface area (Å²) in [4.78, 5) is 23.2. The van der Waals surface area contributed by atoms with Gasteiger partial charge in [-0.3, -0.25) is 4.79 Å². The molecule has 0 aliphatic carbocycles. The van der Waals surface area contributed by atoms with Gasteiger partial charge in [0.25, 0.3) is 5.91 Å². The van der Waals surface area contributed by atoms with Gasteiger partial charge in [-0.15, -0.1) is 0 Å². The first-order valence-electron chi connectivity index (χ1n) is 8.38. The summed E-state index contributed by atoms with van der Waals surface area (Å²) < 4.78 is 10.2. The number of carbonyl (C=O) groups excluding carboxylic acids is 1. The highest BCUT2D eigenvalue weighted by Gasteiger charge is 2.32. The molecule has 2 aromatic rings. The first-order valence-corrected chi connectivity index (χ1v) is 8.38. The van der Waals surface area contributed by atoms with Gasteiger partial charge in [0.2, 0.25) is 5.88 Å². The van der Waals surface area contributed by atoms with E-state index in [0.717, 1.165) is 12.8 Å². The first kappa shape index (κ1) is 17.2. The van der Waals surface area contributed by atoms with Crippen LogP contribution in [0, 0.1) is 13.8 Å². The third kappa shape index (κ3) is 3.43. The van der Waals surface area contributed by atoms with E-state index in [2.05, 4.69) is 42.0 Å². The lowest BCUT2D eigenvalue weighted by Crippen LogP contribution is -2.31. The molecule has 1 unspecified atom stereocenters. The van der Waals surface area contributed by atoms with Crippen molar-refractivity contribution in [3.8, 4) is 11.9 Å². The van der Waals surface area contributed by atoms with Gasteiger partial charge in [-0.05, 0) is 43.4 Å². The molecule has 3 rings (SSSR count). The van der Waals surface area contributed by atoms with E-state index in [4.69, 9.17) is 9.47 Å². The third-order valence-electron chi connectivity index (χ3n) is 4.72. The monoisotopic (exact) mass is 341 g/mol. The Kier molecular flexibility index (Phi) is 4.88. The number of rotatable bonds is 4. The Bertz CT molecular complexity index is 769. The molecule has 1 amide bonds. The Labute approximate surface area is 147 Å². The van der Waals surface area contributed by atoms with Crippen LogP contribution in [0.5, 0.6) is 11.9 Å². The van der Waals surface area contributed by atoms with Crippen LogP contribution in [0.4, 0.5) is 0 Å². The molecule has 25 heavy (non-hydrogen) atoms. The van der Waals surface area contributed by atoms with Crippen LogP contribution in [0.2, 0.25) is 0 Å². The highest BCUT2D eigenvalue weighted by molar-refractivity contribution is 5.93. The minimum atomic E-state index is -0.125. The second-order valence-corrected chi connectivity index (χ2v) is 6.28. The molecule has 1 saturated heterocycles. The van der Waals surface area contributed by atoms with E-state index < -0.39 is 0 Å². The molecule has 6 heteroatoms. The van der Waals surface area contributed by atoms with Gasteiger partial charge in [0.15, 0.2) is 0 Å². The average molecular weight is 341 g/mol. The summed E-state index contributed by atoms with van der Waals surface area (Å²) in [7, 11) is 2.97. The fourth-order valence-electron chi connectivity index (χ4n) is 3.18. The molecule has 0 spiro atoms. The topological polar surface area (TPSA) is 64.5 Å². The zero-order chi connectivity index (χ0) is 18.0. The number of hydrogen-bond acceptors (Lipinski definition) is 5. The van der Waals surface area contributed by atoms with Crippen LogP contribution >= 0.6 is 0 Å². The lowest BCUT2D eigenvalue weighted by Gasteiger charge is -2.25. The van der Waals surface area contributed by atoms with Gasteiger partial charge < -0.3 is 14.4 Å². The third-order valence-corrected chi connectivity index (χ3v) is 4.72. The SMILES string of the molecule is COc1cc(C(=O)N2CCCC2c2ccc(C)c(C)c2)nc(OC)n1. The Morgan fingerprint density at radius 3 is 2.60 bits per heavy atom. The second kappa shape index (κ2) is 7.09. The molecular formula is C19H23N3O3. The van der Waals surface area contributed by atoms with Gasteiger partial charge >= 0.3 is 6.01 Å². The van der Waals surface area contributed by atoms with Gasteiger partial charge in [0.05, 0.1) is 20.3 Å². The molecule has 1 aliphatic heterocycles. The van der Waals surface area contributed by atoms with Gasteiger partial charge in [-0.2, -0.15) is 9.97 Å². The maximum atomic E-state index is 13.0. The number of carbonyl (C=O) groups is 1. The normalized spacial score (nSPS) is 16.8. The number of ether oxygens (including phenoxy) is 2. The minimum absolute atomic E-state index is 0.0683. The van der Waals surface area contributed by atoms with Gasteiger partial charge in [0.1, 0.15) is 5.69 Å². The van der Waals surface area contributed by atoms with Crippen molar-refractivity contribution in [3.05, 3.63) is 46.6 Å². The average Bonchev–Trinajstić information content (AvgIpc) is 3.12. The molecular weight excluding hydrogens is 318 g/mol. The van der Waals surface area contributed by atoms with Crippen LogP contribution in [-0.4, -0.2) is 41.5 Å². The number of nitrogens with zero attached hydrogens (tertiary/aromatic N) is 3. The van der Waals surface area contributed by atoms with Crippen molar-refractivity contribution in [1.29, 1.82) is 0 Å². The molecule has 0 bridgehead atoms. The van der Waals surface area contributed by atoms with Gasteiger partial charge in [-0.1, -0.05) is 18.2 Å². The number of aryl methyl sites for hydroxylation is 2. The molecule has 1 atom stereocenters. The first-order chi connectivity index (χ1) is 12.0. The smallest absolute Gasteiger partial charge is 0.320 e. The van der Waals surface area contributed by atoms with Crippen LogP contribution < -0.4 is 9.47 Å².